The zero-order valence-corrected chi connectivity index (χ0v) is 18.7. The van der Waals surface area contributed by atoms with Gasteiger partial charge in [0.15, 0.2) is 0 Å². The summed E-state index contributed by atoms with van der Waals surface area (Å²) in [4.78, 5) is 35.3. The molecular formula is C23H24FN7O2. The smallest absolute Gasteiger partial charge is 0.254 e. The number of aryl methyl sites for hydroxylation is 1. The first-order valence-electron chi connectivity index (χ1n) is 10.7. The van der Waals surface area contributed by atoms with Crippen LogP contribution in [0.5, 0.6) is 0 Å². The molecule has 1 aliphatic rings. The number of carbonyl (C=O) groups excluding carboxylic acids is 2. The number of aromatic nitrogens is 4. The molecule has 33 heavy (non-hydrogen) atoms. The van der Waals surface area contributed by atoms with E-state index in [9.17, 15) is 14.0 Å². The van der Waals surface area contributed by atoms with Gasteiger partial charge in [-0.1, -0.05) is 0 Å². The molecule has 0 unspecified atom stereocenters. The van der Waals surface area contributed by atoms with Crippen molar-refractivity contribution in [3.8, 4) is 12.0 Å². The van der Waals surface area contributed by atoms with E-state index in [-0.39, 0.29) is 29.6 Å². The van der Waals surface area contributed by atoms with Gasteiger partial charge in [0.1, 0.15) is 11.2 Å². The van der Waals surface area contributed by atoms with Gasteiger partial charge in [-0.05, 0) is 45.7 Å². The minimum Gasteiger partial charge on any atom is -0.349 e. The molecule has 1 saturated heterocycles. The maximum absolute atomic E-state index is 13.7. The Morgan fingerprint density at radius 3 is 2.52 bits per heavy atom. The predicted molar refractivity (Wildman–Crippen MR) is 118 cm³/mol. The summed E-state index contributed by atoms with van der Waals surface area (Å²) in [6.45, 7) is 5.99. The van der Waals surface area contributed by atoms with Crippen molar-refractivity contribution in [3.63, 3.8) is 0 Å². The van der Waals surface area contributed by atoms with E-state index in [0.717, 1.165) is 11.1 Å². The minimum atomic E-state index is -1.06. The van der Waals surface area contributed by atoms with Crippen LogP contribution in [0.25, 0.3) is 16.9 Å². The number of fused-ring (bicyclic) bond motifs is 1. The van der Waals surface area contributed by atoms with Crippen molar-refractivity contribution in [1.82, 2.24) is 30.0 Å². The Labute approximate surface area is 190 Å². The largest absolute Gasteiger partial charge is 0.349 e. The van der Waals surface area contributed by atoms with Gasteiger partial charge in [0, 0.05) is 43.0 Å². The standard InChI is InChI=1S/C23H24FN7O2/c1-14-18-5-4-16(24)10-19(18)31(29-14)22-26-11-15(12-27-22)20(32)28-17-6-8-30(9-7-17)21(33)23(2,3)13-25/h4-5,10-12,17H,6-9H2,1-3H3,(H,28,32). The molecule has 1 aliphatic heterocycles. The number of amides is 2. The summed E-state index contributed by atoms with van der Waals surface area (Å²) in [5.41, 5.74) is 0.505. The molecule has 2 aromatic heterocycles. The summed E-state index contributed by atoms with van der Waals surface area (Å²) in [6, 6.07) is 6.35. The summed E-state index contributed by atoms with van der Waals surface area (Å²) >= 11 is 0. The fourth-order valence-corrected chi connectivity index (χ4v) is 3.88. The van der Waals surface area contributed by atoms with Gasteiger partial charge >= 0.3 is 0 Å². The zero-order valence-electron chi connectivity index (χ0n) is 18.7. The Bertz CT molecular complexity index is 1250. The van der Waals surface area contributed by atoms with Crippen molar-refractivity contribution in [1.29, 1.82) is 5.26 Å². The van der Waals surface area contributed by atoms with Crippen molar-refractivity contribution in [2.45, 2.75) is 39.7 Å². The van der Waals surface area contributed by atoms with E-state index in [2.05, 4.69) is 20.4 Å². The number of hydrogen-bond acceptors (Lipinski definition) is 6. The van der Waals surface area contributed by atoms with E-state index in [4.69, 9.17) is 5.26 Å². The van der Waals surface area contributed by atoms with E-state index in [1.807, 2.05) is 13.0 Å². The molecule has 0 spiro atoms. The number of carbonyl (C=O) groups is 2. The summed E-state index contributed by atoms with van der Waals surface area (Å²) in [7, 11) is 0. The van der Waals surface area contributed by atoms with Crippen LogP contribution in [0.2, 0.25) is 0 Å². The van der Waals surface area contributed by atoms with Gasteiger partial charge in [-0.15, -0.1) is 0 Å². The highest BCUT2D eigenvalue weighted by atomic mass is 19.1. The highest BCUT2D eigenvalue weighted by Crippen LogP contribution is 2.22. The molecular weight excluding hydrogens is 425 g/mol. The number of nitrogens with one attached hydrogen (secondary N) is 1. The second-order valence-corrected chi connectivity index (χ2v) is 8.71. The van der Waals surface area contributed by atoms with Gasteiger partial charge < -0.3 is 10.2 Å². The molecule has 1 fully saturated rings. The summed E-state index contributed by atoms with van der Waals surface area (Å²) in [5.74, 6) is -0.651. The van der Waals surface area contributed by atoms with Crippen LogP contribution in [0.1, 0.15) is 42.7 Å². The summed E-state index contributed by atoms with van der Waals surface area (Å²) in [6.07, 6.45) is 4.02. The van der Waals surface area contributed by atoms with Crippen molar-refractivity contribution >= 4 is 22.7 Å². The fraction of sp³-hybridized carbons (Fsp3) is 0.391. The number of piperidine rings is 1. The molecule has 0 atom stereocenters. The second kappa shape index (κ2) is 8.58. The van der Waals surface area contributed by atoms with Crippen LogP contribution < -0.4 is 5.32 Å². The van der Waals surface area contributed by atoms with Crippen LogP contribution in [-0.2, 0) is 4.79 Å². The molecule has 170 valence electrons. The monoisotopic (exact) mass is 449 g/mol. The van der Waals surface area contributed by atoms with Crippen molar-refractivity contribution in [2.75, 3.05) is 13.1 Å². The molecule has 3 heterocycles. The van der Waals surface area contributed by atoms with E-state index in [1.54, 1.807) is 24.8 Å². The molecule has 0 saturated carbocycles. The first-order valence-corrected chi connectivity index (χ1v) is 10.7. The van der Waals surface area contributed by atoms with E-state index in [0.29, 0.717) is 37.0 Å². The second-order valence-electron chi connectivity index (χ2n) is 8.71. The maximum atomic E-state index is 13.7. The summed E-state index contributed by atoms with van der Waals surface area (Å²) in [5, 5.41) is 17.3. The van der Waals surface area contributed by atoms with E-state index in [1.165, 1.54) is 29.2 Å². The molecule has 1 aromatic carbocycles. The average Bonchev–Trinajstić information content (AvgIpc) is 3.14. The number of hydrogen-bond donors (Lipinski definition) is 1. The van der Waals surface area contributed by atoms with E-state index >= 15 is 0 Å². The Balaban J connectivity index is 1.41. The highest BCUT2D eigenvalue weighted by molar-refractivity contribution is 5.94. The first kappa shape index (κ1) is 22.3. The fourth-order valence-electron chi connectivity index (χ4n) is 3.88. The number of likely N-dealkylation sites (tertiary alicyclic amines) is 1. The predicted octanol–water partition coefficient (Wildman–Crippen LogP) is 2.53. The van der Waals surface area contributed by atoms with Crippen molar-refractivity contribution < 1.29 is 14.0 Å². The van der Waals surface area contributed by atoms with Gasteiger partial charge in [-0.3, -0.25) is 9.59 Å². The topological polar surface area (TPSA) is 117 Å². The van der Waals surface area contributed by atoms with Gasteiger partial charge in [0.25, 0.3) is 11.9 Å². The Hall–Kier alpha value is -3.87. The number of nitrogens with zero attached hydrogens (tertiary/aromatic N) is 6. The molecule has 0 aliphatic carbocycles. The quantitative estimate of drug-likeness (QED) is 0.654. The third kappa shape index (κ3) is 4.39. The normalized spacial score (nSPS) is 14.8. The van der Waals surface area contributed by atoms with Gasteiger partial charge in [0.05, 0.1) is 22.8 Å². The van der Waals surface area contributed by atoms with Crippen LogP contribution in [0, 0.1) is 29.5 Å². The van der Waals surface area contributed by atoms with Crippen LogP contribution in [0.3, 0.4) is 0 Å². The van der Waals surface area contributed by atoms with Crippen LogP contribution >= 0.6 is 0 Å². The molecule has 0 radical (unpaired) electrons. The lowest BCUT2D eigenvalue weighted by atomic mass is 9.92. The lowest BCUT2D eigenvalue weighted by molar-refractivity contribution is -0.138. The Morgan fingerprint density at radius 1 is 1.21 bits per heavy atom. The molecule has 2 amide bonds. The number of nitriles is 1. The third-order valence-electron chi connectivity index (χ3n) is 5.85. The lowest BCUT2D eigenvalue weighted by Gasteiger charge is -2.35. The molecule has 1 N–H and O–H groups in total. The summed E-state index contributed by atoms with van der Waals surface area (Å²) < 4.78 is 15.2. The van der Waals surface area contributed by atoms with Crippen LogP contribution in [0.4, 0.5) is 4.39 Å². The number of benzene rings is 1. The molecule has 4 rings (SSSR count). The van der Waals surface area contributed by atoms with Crippen LogP contribution in [0.15, 0.2) is 30.6 Å². The van der Waals surface area contributed by atoms with Gasteiger partial charge in [-0.25, -0.2) is 14.4 Å². The minimum absolute atomic E-state index is 0.0906. The number of halogens is 1. The zero-order chi connectivity index (χ0) is 23.8. The Morgan fingerprint density at radius 2 is 1.88 bits per heavy atom. The lowest BCUT2D eigenvalue weighted by Crippen LogP contribution is -2.49. The molecule has 3 aromatic rings. The third-order valence-corrected chi connectivity index (χ3v) is 5.85. The first-order chi connectivity index (χ1) is 15.7. The Kier molecular flexibility index (Phi) is 5.80. The highest BCUT2D eigenvalue weighted by Gasteiger charge is 2.34. The maximum Gasteiger partial charge on any atom is 0.254 e. The SMILES string of the molecule is Cc1nn(-c2ncc(C(=O)NC3CCN(C(=O)C(C)(C)C#N)CC3)cn2)c2cc(F)ccc12. The van der Waals surface area contributed by atoms with Crippen LogP contribution in [-0.4, -0.2) is 55.6 Å². The van der Waals surface area contributed by atoms with Crippen molar-refractivity contribution in [2.24, 2.45) is 5.41 Å². The average molecular weight is 449 g/mol. The molecule has 10 heteroatoms. The molecule has 9 nitrogen and oxygen atoms in total. The van der Waals surface area contributed by atoms with Gasteiger partial charge in [0.2, 0.25) is 5.91 Å². The molecule has 0 bridgehead atoms. The van der Waals surface area contributed by atoms with Crippen molar-refractivity contribution in [3.05, 3.63) is 47.7 Å². The number of rotatable bonds is 4. The van der Waals surface area contributed by atoms with Gasteiger partial charge in [-0.2, -0.15) is 15.0 Å². The van der Waals surface area contributed by atoms with E-state index < -0.39 is 5.41 Å².